The fourth-order valence-electron chi connectivity index (χ4n) is 2.31. The van der Waals surface area contributed by atoms with Gasteiger partial charge in [0.25, 0.3) is 0 Å². The molecule has 0 aliphatic carbocycles. The number of aryl methyl sites for hydroxylation is 1. The lowest BCUT2D eigenvalue weighted by Gasteiger charge is -2.06. The van der Waals surface area contributed by atoms with Crippen molar-refractivity contribution in [3.05, 3.63) is 46.3 Å². The standard InChI is InChI=1S/C15H16N4O5/c20-15(2-1-5-18-9-12(8-17-18)19(21)22)16-7-11-3-4-13-14(6-11)24-10-23-13/h3-4,6,8-9H,1-2,5,7,10H2,(H,16,20). The van der Waals surface area contributed by atoms with Crippen molar-refractivity contribution >= 4 is 11.6 Å². The highest BCUT2D eigenvalue weighted by Crippen LogP contribution is 2.32. The van der Waals surface area contributed by atoms with Crippen LogP contribution in [-0.2, 0) is 17.9 Å². The Hall–Kier alpha value is -3.10. The number of aromatic nitrogens is 2. The zero-order chi connectivity index (χ0) is 16.9. The van der Waals surface area contributed by atoms with Crippen molar-refractivity contribution in [1.29, 1.82) is 0 Å². The van der Waals surface area contributed by atoms with Gasteiger partial charge in [-0.3, -0.25) is 19.6 Å². The van der Waals surface area contributed by atoms with Gasteiger partial charge in [-0.2, -0.15) is 5.10 Å². The van der Waals surface area contributed by atoms with Gasteiger partial charge in [-0.1, -0.05) is 6.07 Å². The summed E-state index contributed by atoms with van der Waals surface area (Å²) in [5, 5.41) is 17.3. The fourth-order valence-corrected chi connectivity index (χ4v) is 2.31. The molecule has 0 radical (unpaired) electrons. The van der Waals surface area contributed by atoms with Gasteiger partial charge < -0.3 is 14.8 Å². The Bertz CT molecular complexity index is 758. The lowest BCUT2D eigenvalue weighted by atomic mass is 10.2. The van der Waals surface area contributed by atoms with Crippen LogP contribution in [0.3, 0.4) is 0 Å². The Morgan fingerprint density at radius 3 is 3.00 bits per heavy atom. The molecule has 1 N–H and O–H groups in total. The van der Waals surface area contributed by atoms with E-state index in [0.717, 1.165) is 5.56 Å². The van der Waals surface area contributed by atoms with Crippen molar-refractivity contribution in [2.24, 2.45) is 0 Å². The number of nitrogens with one attached hydrogen (secondary N) is 1. The molecule has 0 fully saturated rings. The first-order chi connectivity index (χ1) is 11.6. The molecular formula is C15H16N4O5. The first-order valence-electron chi connectivity index (χ1n) is 7.44. The second-order valence-electron chi connectivity index (χ2n) is 5.29. The second-order valence-corrected chi connectivity index (χ2v) is 5.29. The van der Waals surface area contributed by atoms with Crippen molar-refractivity contribution in [3.63, 3.8) is 0 Å². The van der Waals surface area contributed by atoms with Crippen LogP contribution in [0, 0.1) is 10.1 Å². The van der Waals surface area contributed by atoms with Gasteiger partial charge in [-0.25, -0.2) is 0 Å². The topological polar surface area (TPSA) is 109 Å². The number of carbonyl (C=O) groups is 1. The lowest BCUT2D eigenvalue weighted by Crippen LogP contribution is -2.22. The largest absolute Gasteiger partial charge is 0.454 e. The molecular weight excluding hydrogens is 316 g/mol. The van der Waals surface area contributed by atoms with E-state index in [1.807, 2.05) is 18.2 Å². The number of amides is 1. The number of nitro groups is 1. The molecule has 3 rings (SSSR count). The number of nitrogens with zero attached hydrogens (tertiary/aromatic N) is 3. The minimum absolute atomic E-state index is 0.0535. The predicted molar refractivity (Wildman–Crippen MR) is 82.5 cm³/mol. The van der Waals surface area contributed by atoms with Crippen LogP contribution in [0.1, 0.15) is 18.4 Å². The van der Waals surface area contributed by atoms with E-state index in [0.29, 0.717) is 37.4 Å². The third kappa shape index (κ3) is 3.80. The highest BCUT2D eigenvalue weighted by molar-refractivity contribution is 5.75. The van der Waals surface area contributed by atoms with Gasteiger partial charge in [-0.05, 0) is 24.1 Å². The van der Waals surface area contributed by atoms with Crippen molar-refractivity contribution in [2.75, 3.05) is 6.79 Å². The summed E-state index contributed by atoms with van der Waals surface area (Å²) < 4.78 is 12.0. The van der Waals surface area contributed by atoms with E-state index < -0.39 is 4.92 Å². The Balaban J connectivity index is 1.40. The quantitative estimate of drug-likeness (QED) is 0.609. The van der Waals surface area contributed by atoms with Crippen molar-refractivity contribution in [2.45, 2.75) is 25.9 Å². The molecule has 24 heavy (non-hydrogen) atoms. The molecule has 1 aliphatic heterocycles. The van der Waals surface area contributed by atoms with Crippen LogP contribution in [0.25, 0.3) is 0 Å². The second kappa shape index (κ2) is 6.99. The third-order valence-electron chi connectivity index (χ3n) is 3.55. The highest BCUT2D eigenvalue weighted by Gasteiger charge is 2.13. The summed E-state index contributed by atoms with van der Waals surface area (Å²) in [6, 6.07) is 5.52. The maximum absolute atomic E-state index is 11.8. The van der Waals surface area contributed by atoms with Crippen molar-refractivity contribution in [1.82, 2.24) is 15.1 Å². The Morgan fingerprint density at radius 1 is 1.38 bits per heavy atom. The molecule has 1 aliphatic rings. The van der Waals surface area contributed by atoms with Crippen LogP contribution in [0.5, 0.6) is 11.5 Å². The maximum atomic E-state index is 11.8. The molecule has 0 spiro atoms. The third-order valence-corrected chi connectivity index (χ3v) is 3.55. The summed E-state index contributed by atoms with van der Waals surface area (Å²) in [7, 11) is 0. The average molecular weight is 332 g/mol. The minimum Gasteiger partial charge on any atom is -0.454 e. The number of benzene rings is 1. The van der Waals surface area contributed by atoms with Crippen LogP contribution < -0.4 is 14.8 Å². The molecule has 1 amide bonds. The van der Waals surface area contributed by atoms with Crippen LogP contribution >= 0.6 is 0 Å². The van der Waals surface area contributed by atoms with Crippen LogP contribution in [0.2, 0.25) is 0 Å². The molecule has 0 bridgehead atoms. The molecule has 126 valence electrons. The van der Waals surface area contributed by atoms with E-state index in [-0.39, 0.29) is 18.4 Å². The molecule has 9 heteroatoms. The van der Waals surface area contributed by atoms with E-state index in [9.17, 15) is 14.9 Å². The van der Waals surface area contributed by atoms with Crippen molar-refractivity contribution < 1.29 is 19.2 Å². The highest BCUT2D eigenvalue weighted by atomic mass is 16.7. The van der Waals surface area contributed by atoms with E-state index >= 15 is 0 Å². The summed E-state index contributed by atoms with van der Waals surface area (Å²) in [6.45, 7) is 1.07. The minimum atomic E-state index is -0.498. The number of fused-ring (bicyclic) bond motifs is 1. The normalized spacial score (nSPS) is 12.2. The predicted octanol–water partition coefficient (Wildman–Crippen LogP) is 1.62. The molecule has 2 aromatic rings. The molecule has 0 atom stereocenters. The van der Waals surface area contributed by atoms with Gasteiger partial charge in [0, 0.05) is 19.5 Å². The Labute approximate surface area is 137 Å². The van der Waals surface area contributed by atoms with Crippen LogP contribution in [-0.4, -0.2) is 27.4 Å². The molecule has 0 unspecified atom stereocenters. The van der Waals surface area contributed by atoms with E-state index in [1.165, 1.54) is 17.1 Å². The van der Waals surface area contributed by atoms with Crippen molar-refractivity contribution in [3.8, 4) is 11.5 Å². The lowest BCUT2D eigenvalue weighted by molar-refractivity contribution is -0.385. The number of hydrogen-bond donors (Lipinski definition) is 1. The average Bonchev–Trinajstić information content (AvgIpc) is 3.21. The first kappa shape index (κ1) is 15.8. The number of hydrogen-bond acceptors (Lipinski definition) is 6. The summed E-state index contributed by atoms with van der Waals surface area (Å²) in [5.41, 5.74) is 0.873. The number of carbonyl (C=O) groups excluding carboxylic acids is 1. The molecule has 1 aromatic heterocycles. The molecule has 1 aromatic carbocycles. The summed E-state index contributed by atoms with van der Waals surface area (Å²) in [4.78, 5) is 21.9. The zero-order valence-corrected chi connectivity index (χ0v) is 12.8. The molecule has 9 nitrogen and oxygen atoms in total. The monoisotopic (exact) mass is 332 g/mol. The van der Waals surface area contributed by atoms with Gasteiger partial charge in [0.2, 0.25) is 12.7 Å². The van der Waals surface area contributed by atoms with Gasteiger partial charge in [-0.15, -0.1) is 0 Å². The van der Waals surface area contributed by atoms with Gasteiger partial charge in [0.05, 0.1) is 4.92 Å². The van der Waals surface area contributed by atoms with E-state index in [4.69, 9.17) is 9.47 Å². The van der Waals surface area contributed by atoms with Crippen LogP contribution in [0.15, 0.2) is 30.6 Å². The SMILES string of the molecule is O=C(CCCn1cc([N+](=O)[O-])cn1)NCc1ccc2c(c1)OCO2. The fraction of sp³-hybridized carbons (Fsp3) is 0.333. The molecule has 0 saturated heterocycles. The van der Waals surface area contributed by atoms with Gasteiger partial charge >= 0.3 is 5.69 Å². The van der Waals surface area contributed by atoms with E-state index in [1.54, 1.807) is 0 Å². The van der Waals surface area contributed by atoms with Gasteiger partial charge in [0.15, 0.2) is 11.5 Å². The van der Waals surface area contributed by atoms with E-state index in [2.05, 4.69) is 10.4 Å². The molecule has 2 heterocycles. The van der Waals surface area contributed by atoms with Gasteiger partial charge in [0.1, 0.15) is 12.4 Å². The zero-order valence-electron chi connectivity index (χ0n) is 12.8. The van der Waals surface area contributed by atoms with Crippen LogP contribution in [0.4, 0.5) is 5.69 Å². The smallest absolute Gasteiger partial charge is 0.306 e. The first-order valence-corrected chi connectivity index (χ1v) is 7.44. The maximum Gasteiger partial charge on any atom is 0.306 e. The Kier molecular flexibility index (Phi) is 4.59. The summed E-state index contributed by atoms with van der Waals surface area (Å²) in [6.07, 6.45) is 3.41. The summed E-state index contributed by atoms with van der Waals surface area (Å²) >= 11 is 0. The molecule has 0 saturated carbocycles. The summed E-state index contributed by atoms with van der Waals surface area (Å²) in [5.74, 6) is 1.30. The number of rotatable bonds is 7. The Morgan fingerprint density at radius 2 is 2.21 bits per heavy atom. The number of ether oxygens (including phenoxy) is 2.